The summed E-state index contributed by atoms with van der Waals surface area (Å²) in [4.78, 5) is 19.2. The molecule has 2 rings (SSSR count). The van der Waals surface area contributed by atoms with Crippen molar-refractivity contribution in [2.75, 3.05) is 14.1 Å². The highest BCUT2D eigenvalue weighted by Crippen LogP contribution is 2.12. The Labute approximate surface area is 194 Å². The van der Waals surface area contributed by atoms with Crippen LogP contribution in [0.4, 0.5) is 4.79 Å². The van der Waals surface area contributed by atoms with E-state index in [1.54, 1.807) is 30.3 Å². The molecule has 8 heteroatoms. The number of thiophene rings is 1. The molecule has 0 saturated carbocycles. The van der Waals surface area contributed by atoms with Crippen molar-refractivity contribution in [3.05, 3.63) is 57.8 Å². The zero-order chi connectivity index (χ0) is 20.6. The van der Waals surface area contributed by atoms with E-state index < -0.39 is 5.60 Å². The van der Waals surface area contributed by atoms with Crippen molar-refractivity contribution in [2.24, 2.45) is 4.99 Å². The van der Waals surface area contributed by atoms with Gasteiger partial charge in [-0.3, -0.25) is 4.99 Å². The molecule has 1 heterocycles. The van der Waals surface area contributed by atoms with Gasteiger partial charge < -0.3 is 20.3 Å². The Morgan fingerprint density at radius 1 is 1.10 bits per heavy atom. The first-order chi connectivity index (χ1) is 13.3. The molecule has 0 atom stereocenters. The molecule has 0 spiro atoms. The van der Waals surface area contributed by atoms with E-state index in [1.165, 1.54) is 4.88 Å². The lowest BCUT2D eigenvalue weighted by molar-refractivity contribution is 0.0285. The summed E-state index contributed by atoms with van der Waals surface area (Å²) in [6.45, 7) is 7.53. The number of guanidine groups is 1. The molecule has 29 heavy (non-hydrogen) atoms. The Hall–Kier alpha value is -1.81. The third-order valence-electron chi connectivity index (χ3n) is 3.84. The molecule has 0 aliphatic rings. The molecular formula is C21H31IN4O2S. The second kappa shape index (κ2) is 12.0. The van der Waals surface area contributed by atoms with E-state index in [-0.39, 0.29) is 30.1 Å². The highest BCUT2D eigenvalue weighted by atomic mass is 127. The maximum Gasteiger partial charge on any atom is 0.410 e. The summed E-state index contributed by atoms with van der Waals surface area (Å²) in [6.07, 6.45) is -0.321. The molecule has 0 unspecified atom stereocenters. The van der Waals surface area contributed by atoms with Crippen LogP contribution in [0.1, 0.15) is 36.8 Å². The van der Waals surface area contributed by atoms with Crippen molar-refractivity contribution in [2.45, 2.75) is 46.0 Å². The van der Waals surface area contributed by atoms with Crippen molar-refractivity contribution in [3.63, 3.8) is 0 Å². The van der Waals surface area contributed by atoms with Gasteiger partial charge in [-0.1, -0.05) is 30.3 Å². The number of aliphatic imine (C=N–C) groups is 1. The van der Waals surface area contributed by atoms with E-state index >= 15 is 0 Å². The van der Waals surface area contributed by atoms with Crippen molar-refractivity contribution in [1.82, 2.24) is 15.5 Å². The minimum absolute atomic E-state index is 0. The van der Waals surface area contributed by atoms with Crippen molar-refractivity contribution in [1.29, 1.82) is 0 Å². The van der Waals surface area contributed by atoms with Gasteiger partial charge in [-0.05, 0) is 43.3 Å². The van der Waals surface area contributed by atoms with Crippen LogP contribution < -0.4 is 10.6 Å². The molecule has 0 aliphatic heterocycles. The van der Waals surface area contributed by atoms with Crippen LogP contribution in [0, 0.1) is 0 Å². The fraction of sp³-hybridized carbons (Fsp3) is 0.429. The molecule has 6 nitrogen and oxygen atoms in total. The summed E-state index contributed by atoms with van der Waals surface area (Å²) < 4.78 is 5.38. The highest BCUT2D eigenvalue weighted by molar-refractivity contribution is 14.0. The number of carbonyl (C=O) groups is 1. The van der Waals surface area contributed by atoms with E-state index in [1.807, 2.05) is 39.0 Å². The Morgan fingerprint density at radius 3 is 2.28 bits per heavy atom. The number of nitrogens with one attached hydrogen (secondary N) is 2. The number of amides is 1. The Morgan fingerprint density at radius 2 is 1.72 bits per heavy atom. The normalized spacial score (nSPS) is 11.4. The Balaban J connectivity index is 0.00000420. The molecule has 0 radical (unpaired) electrons. The van der Waals surface area contributed by atoms with Crippen LogP contribution in [0.5, 0.6) is 0 Å². The van der Waals surface area contributed by atoms with Gasteiger partial charge in [0.2, 0.25) is 0 Å². The van der Waals surface area contributed by atoms with Gasteiger partial charge in [0.05, 0.1) is 6.54 Å². The Bertz CT molecular complexity index is 771. The first-order valence-corrected chi connectivity index (χ1v) is 10.1. The van der Waals surface area contributed by atoms with Gasteiger partial charge in [0, 0.05) is 32.1 Å². The number of hydrogen-bond donors (Lipinski definition) is 2. The summed E-state index contributed by atoms with van der Waals surface area (Å²) in [5, 5.41) is 8.68. The summed E-state index contributed by atoms with van der Waals surface area (Å²) in [7, 11) is 3.51. The van der Waals surface area contributed by atoms with Gasteiger partial charge in [0.15, 0.2) is 5.96 Å². The van der Waals surface area contributed by atoms with Crippen molar-refractivity contribution >= 4 is 47.4 Å². The number of hydrogen-bond acceptors (Lipinski definition) is 4. The van der Waals surface area contributed by atoms with Gasteiger partial charge in [-0.25, -0.2) is 4.79 Å². The molecule has 0 aliphatic carbocycles. The summed E-state index contributed by atoms with van der Waals surface area (Å²) in [5.74, 6) is 0.766. The predicted molar refractivity (Wildman–Crippen MR) is 131 cm³/mol. The molecule has 1 amide bonds. The second-order valence-electron chi connectivity index (χ2n) is 7.51. The van der Waals surface area contributed by atoms with Crippen molar-refractivity contribution in [3.8, 4) is 0 Å². The molecule has 2 aromatic rings. The maximum atomic E-state index is 12.1. The van der Waals surface area contributed by atoms with Crippen LogP contribution >= 0.6 is 35.3 Å². The summed E-state index contributed by atoms with van der Waals surface area (Å²) in [6, 6.07) is 12.3. The second-order valence-corrected chi connectivity index (χ2v) is 8.54. The van der Waals surface area contributed by atoms with Crippen molar-refractivity contribution < 1.29 is 9.53 Å². The minimum atomic E-state index is -0.489. The lowest BCUT2D eigenvalue weighted by Gasteiger charge is -2.24. The molecule has 0 saturated heterocycles. The van der Waals surface area contributed by atoms with Crippen LogP contribution in [-0.2, 0) is 24.4 Å². The van der Waals surface area contributed by atoms with Crippen LogP contribution in [0.3, 0.4) is 0 Å². The van der Waals surface area contributed by atoms with E-state index in [9.17, 15) is 4.79 Å². The number of halogens is 1. The molecular weight excluding hydrogens is 499 g/mol. The largest absolute Gasteiger partial charge is 0.444 e. The van der Waals surface area contributed by atoms with Gasteiger partial charge >= 0.3 is 6.09 Å². The van der Waals surface area contributed by atoms with Gasteiger partial charge in [-0.15, -0.1) is 35.3 Å². The molecule has 1 aromatic heterocycles. The fourth-order valence-corrected chi connectivity index (χ4v) is 3.08. The monoisotopic (exact) mass is 530 g/mol. The van der Waals surface area contributed by atoms with Crippen LogP contribution in [0.2, 0.25) is 0 Å². The topological polar surface area (TPSA) is 66.0 Å². The number of rotatable bonds is 6. The minimum Gasteiger partial charge on any atom is -0.444 e. The number of nitrogens with zero attached hydrogens (tertiary/aromatic N) is 2. The van der Waals surface area contributed by atoms with Crippen LogP contribution in [0.25, 0.3) is 0 Å². The molecule has 1 aromatic carbocycles. The summed E-state index contributed by atoms with van der Waals surface area (Å²) >= 11 is 1.72. The highest BCUT2D eigenvalue weighted by Gasteiger charge is 2.19. The fourth-order valence-electron chi connectivity index (χ4n) is 2.43. The van der Waals surface area contributed by atoms with E-state index in [2.05, 4.69) is 39.2 Å². The number of ether oxygens (including phenoxy) is 1. The lowest BCUT2D eigenvalue weighted by atomic mass is 10.1. The first kappa shape index (κ1) is 25.2. The van der Waals surface area contributed by atoms with E-state index in [4.69, 9.17) is 4.74 Å². The molecule has 160 valence electrons. The third kappa shape index (κ3) is 9.49. The number of benzene rings is 1. The van der Waals surface area contributed by atoms with Gasteiger partial charge in [0.1, 0.15) is 5.60 Å². The SMILES string of the molecule is CN=C(NCc1ccc(CN(C)C(=O)OC(C)(C)C)cc1)NCc1cccs1.I. The number of carbonyl (C=O) groups excluding carboxylic acids is 1. The smallest absolute Gasteiger partial charge is 0.410 e. The van der Waals surface area contributed by atoms with E-state index in [0.717, 1.165) is 23.6 Å². The van der Waals surface area contributed by atoms with Crippen LogP contribution in [0.15, 0.2) is 46.8 Å². The average molecular weight is 530 g/mol. The summed E-state index contributed by atoms with van der Waals surface area (Å²) in [5.41, 5.74) is 1.71. The third-order valence-corrected chi connectivity index (χ3v) is 4.72. The standard InChI is InChI=1S/C21H30N4O2S.HI/c1-21(2,3)27-20(26)25(5)15-17-10-8-16(9-11-17)13-23-19(22-4)24-14-18-7-6-12-28-18;/h6-12H,13-15H2,1-5H3,(H2,22,23,24);1H. The Kier molecular flexibility index (Phi) is 10.5. The molecule has 0 bridgehead atoms. The van der Waals surface area contributed by atoms with Crippen LogP contribution in [-0.4, -0.2) is 36.6 Å². The predicted octanol–water partition coefficient (Wildman–Crippen LogP) is 4.60. The molecule has 0 fully saturated rings. The average Bonchev–Trinajstić information content (AvgIpc) is 3.15. The zero-order valence-corrected chi connectivity index (χ0v) is 20.8. The van der Waals surface area contributed by atoms with Gasteiger partial charge in [0.25, 0.3) is 0 Å². The maximum absolute atomic E-state index is 12.1. The zero-order valence-electron chi connectivity index (χ0n) is 17.7. The van der Waals surface area contributed by atoms with E-state index in [0.29, 0.717) is 13.1 Å². The first-order valence-electron chi connectivity index (χ1n) is 9.25. The quantitative estimate of drug-likeness (QED) is 0.326. The molecule has 2 N–H and O–H groups in total. The lowest BCUT2D eigenvalue weighted by Crippen LogP contribution is -2.36. The van der Waals surface area contributed by atoms with Gasteiger partial charge in [-0.2, -0.15) is 0 Å².